The van der Waals surface area contributed by atoms with Gasteiger partial charge in [-0.3, -0.25) is 4.79 Å². The molecule has 1 heterocycles. The second-order valence-electron chi connectivity index (χ2n) is 4.65. The molecule has 0 amide bonds. The van der Waals surface area contributed by atoms with Gasteiger partial charge < -0.3 is 15.5 Å². The fourth-order valence-electron chi connectivity index (χ4n) is 2.35. The molecule has 0 saturated carbocycles. The summed E-state index contributed by atoms with van der Waals surface area (Å²) in [7, 11) is 1.51. The number of nitrogen functional groups attached to an aromatic ring is 1. The van der Waals surface area contributed by atoms with Gasteiger partial charge in [0, 0.05) is 28.9 Å². The van der Waals surface area contributed by atoms with Crippen molar-refractivity contribution in [3.8, 4) is 5.75 Å². The van der Waals surface area contributed by atoms with Gasteiger partial charge in [-0.15, -0.1) is 0 Å². The van der Waals surface area contributed by atoms with Crippen molar-refractivity contribution in [2.45, 2.75) is 0 Å². The highest BCUT2D eigenvalue weighted by Crippen LogP contribution is 2.30. The Morgan fingerprint density at radius 3 is 2.81 bits per heavy atom. The molecule has 4 nitrogen and oxygen atoms in total. The maximum Gasteiger partial charge on any atom is 0.198 e. The summed E-state index contributed by atoms with van der Waals surface area (Å²) in [4.78, 5) is 15.8. The number of H-pyrrole nitrogens is 1. The van der Waals surface area contributed by atoms with Crippen molar-refractivity contribution in [1.29, 1.82) is 0 Å². The number of ketones is 1. The molecular formula is C16H13ClN2O2. The van der Waals surface area contributed by atoms with E-state index in [1.807, 2.05) is 12.1 Å². The normalized spacial score (nSPS) is 10.8. The number of nitrogens with one attached hydrogen (secondary N) is 1. The number of anilines is 1. The lowest BCUT2D eigenvalue weighted by molar-refractivity contribution is 0.103. The summed E-state index contributed by atoms with van der Waals surface area (Å²) in [6.45, 7) is 0. The Morgan fingerprint density at radius 2 is 2.05 bits per heavy atom. The monoisotopic (exact) mass is 300 g/mol. The van der Waals surface area contributed by atoms with Crippen LogP contribution in [0.3, 0.4) is 0 Å². The first-order chi connectivity index (χ1) is 10.1. The number of ether oxygens (including phenoxy) is 1. The standard InChI is InChI=1S/C16H13ClN2O2/c1-21-14-7-9(18)5-6-11(14)16(20)12-8-19-15-10(12)3-2-4-13(15)17/h2-8,19H,18H2,1H3. The van der Waals surface area contributed by atoms with Crippen LogP contribution in [0.5, 0.6) is 5.75 Å². The van der Waals surface area contributed by atoms with E-state index in [1.165, 1.54) is 7.11 Å². The molecule has 0 aliphatic rings. The topological polar surface area (TPSA) is 68.1 Å². The summed E-state index contributed by atoms with van der Waals surface area (Å²) in [5.74, 6) is 0.316. The van der Waals surface area contributed by atoms with Gasteiger partial charge in [0.1, 0.15) is 5.75 Å². The SMILES string of the molecule is COc1cc(N)ccc1C(=O)c1c[nH]c2c(Cl)cccc12. The largest absolute Gasteiger partial charge is 0.496 e. The number of halogens is 1. The van der Waals surface area contributed by atoms with Gasteiger partial charge in [-0.05, 0) is 18.2 Å². The van der Waals surface area contributed by atoms with E-state index in [2.05, 4.69) is 4.98 Å². The van der Waals surface area contributed by atoms with Crippen molar-refractivity contribution in [3.63, 3.8) is 0 Å². The highest BCUT2D eigenvalue weighted by atomic mass is 35.5. The van der Waals surface area contributed by atoms with Crippen molar-refractivity contribution in [2.75, 3.05) is 12.8 Å². The zero-order chi connectivity index (χ0) is 15.0. The van der Waals surface area contributed by atoms with Crippen LogP contribution in [-0.4, -0.2) is 17.9 Å². The first-order valence-corrected chi connectivity index (χ1v) is 6.73. The van der Waals surface area contributed by atoms with Crippen LogP contribution in [0.25, 0.3) is 10.9 Å². The minimum absolute atomic E-state index is 0.139. The lowest BCUT2D eigenvalue weighted by Gasteiger charge is -2.08. The van der Waals surface area contributed by atoms with Gasteiger partial charge in [0.25, 0.3) is 0 Å². The van der Waals surface area contributed by atoms with Crippen molar-refractivity contribution in [2.24, 2.45) is 0 Å². The summed E-state index contributed by atoms with van der Waals surface area (Å²) >= 11 is 6.12. The average Bonchev–Trinajstić information content (AvgIpc) is 2.92. The third-order valence-corrected chi connectivity index (χ3v) is 3.69. The van der Waals surface area contributed by atoms with E-state index in [1.54, 1.807) is 30.5 Å². The van der Waals surface area contributed by atoms with Crippen LogP contribution >= 0.6 is 11.6 Å². The van der Waals surface area contributed by atoms with Crippen molar-refractivity contribution in [3.05, 3.63) is 58.7 Å². The Morgan fingerprint density at radius 1 is 1.24 bits per heavy atom. The van der Waals surface area contributed by atoms with Gasteiger partial charge in [-0.2, -0.15) is 0 Å². The van der Waals surface area contributed by atoms with Crippen molar-refractivity contribution >= 4 is 34.0 Å². The number of aromatic nitrogens is 1. The van der Waals surface area contributed by atoms with Gasteiger partial charge in [0.15, 0.2) is 5.78 Å². The predicted octanol–water partition coefficient (Wildman–Crippen LogP) is 3.64. The van der Waals surface area contributed by atoms with Crippen LogP contribution in [0.15, 0.2) is 42.6 Å². The van der Waals surface area contributed by atoms with Crippen LogP contribution in [-0.2, 0) is 0 Å². The van der Waals surface area contributed by atoms with E-state index in [4.69, 9.17) is 22.1 Å². The van der Waals surface area contributed by atoms with E-state index in [-0.39, 0.29) is 5.78 Å². The zero-order valence-corrected chi connectivity index (χ0v) is 12.1. The quantitative estimate of drug-likeness (QED) is 0.573. The van der Waals surface area contributed by atoms with Crippen molar-refractivity contribution < 1.29 is 9.53 Å². The summed E-state index contributed by atoms with van der Waals surface area (Å²) < 4.78 is 5.24. The molecule has 0 spiro atoms. The van der Waals surface area contributed by atoms with E-state index in [0.717, 1.165) is 10.9 Å². The van der Waals surface area contributed by atoms with Gasteiger partial charge in [0.2, 0.25) is 0 Å². The molecular weight excluding hydrogens is 288 g/mol. The molecule has 0 aliphatic carbocycles. The number of hydrogen-bond acceptors (Lipinski definition) is 3. The number of fused-ring (bicyclic) bond motifs is 1. The summed E-state index contributed by atoms with van der Waals surface area (Å²) in [5, 5.41) is 1.36. The Balaban J connectivity index is 2.15. The Labute approximate surface area is 126 Å². The number of carbonyl (C=O) groups is 1. The molecule has 0 unspecified atom stereocenters. The number of carbonyl (C=O) groups excluding carboxylic acids is 1. The fourth-order valence-corrected chi connectivity index (χ4v) is 2.57. The van der Waals surface area contributed by atoms with Crippen LogP contribution in [0.2, 0.25) is 5.02 Å². The molecule has 0 bridgehead atoms. The third kappa shape index (κ3) is 2.23. The van der Waals surface area contributed by atoms with E-state index >= 15 is 0 Å². The minimum atomic E-state index is -0.139. The number of benzene rings is 2. The molecule has 106 valence electrons. The number of rotatable bonds is 3. The first-order valence-electron chi connectivity index (χ1n) is 6.35. The number of methoxy groups -OCH3 is 1. The van der Waals surface area contributed by atoms with Crippen LogP contribution in [0.4, 0.5) is 5.69 Å². The first kappa shape index (κ1) is 13.5. The molecule has 0 saturated heterocycles. The molecule has 21 heavy (non-hydrogen) atoms. The predicted molar refractivity (Wildman–Crippen MR) is 84.1 cm³/mol. The zero-order valence-electron chi connectivity index (χ0n) is 11.3. The van der Waals surface area contributed by atoms with Gasteiger partial charge in [-0.1, -0.05) is 23.7 Å². The maximum absolute atomic E-state index is 12.7. The number of aromatic amines is 1. The van der Waals surface area contributed by atoms with Gasteiger partial charge in [-0.25, -0.2) is 0 Å². The fraction of sp³-hybridized carbons (Fsp3) is 0.0625. The second kappa shape index (κ2) is 5.14. The number of para-hydroxylation sites is 1. The Hall–Kier alpha value is -2.46. The Kier molecular flexibility index (Phi) is 3.31. The molecule has 0 fully saturated rings. The lowest BCUT2D eigenvalue weighted by atomic mass is 10.0. The van der Waals surface area contributed by atoms with E-state index in [9.17, 15) is 4.79 Å². The molecule has 0 radical (unpaired) electrons. The molecule has 0 atom stereocenters. The minimum Gasteiger partial charge on any atom is -0.496 e. The van der Waals surface area contributed by atoms with E-state index < -0.39 is 0 Å². The number of hydrogen-bond donors (Lipinski definition) is 2. The maximum atomic E-state index is 12.7. The molecule has 1 aromatic heterocycles. The van der Waals surface area contributed by atoms with Crippen LogP contribution < -0.4 is 10.5 Å². The Bertz CT molecular complexity index is 839. The molecule has 0 aliphatic heterocycles. The molecule has 3 aromatic rings. The average molecular weight is 301 g/mol. The molecule has 3 rings (SSSR count). The summed E-state index contributed by atoms with van der Waals surface area (Å²) in [6, 6.07) is 10.4. The smallest absolute Gasteiger partial charge is 0.198 e. The van der Waals surface area contributed by atoms with Gasteiger partial charge >= 0.3 is 0 Å². The highest BCUT2D eigenvalue weighted by Gasteiger charge is 2.18. The summed E-state index contributed by atoms with van der Waals surface area (Å²) in [6.07, 6.45) is 1.66. The van der Waals surface area contributed by atoms with E-state index in [0.29, 0.717) is 27.6 Å². The lowest BCUT2D eigenvalue weighted by Crippen LogP contribution is -2.04. The van der Waals surface area contributed by atoms with Crippen LogP contribution in [0.1, 0.15) is 15.9 Å². The number of nitrogens with two attached hydrogens (primary N) is 1. The van der Waals surface area contributed by atoms with Crippen LogP contribution in [0, 0.1) is 0 Å². The molecule has 2 aromatic carbocycles. The third-order valence-electron chi connectivity index (χ3n) is 3.38. The summed E-state index contributed by atoms with van der Waals surface area (Å²) in [5.41, 5.74) is 8.03. The second-order valence-corrected chi connectivity index (χ2v) is 5.06. The highest BCUT2D eigenvalue weighted by molar-refractivity contribution is 6.35. The van der Waals surface area contributed by atoms with Crippen molar-refractivity contribution in [1.82, 2.24) is 4.98 Å². The van der Waals surface area contributed by atoms with Gasteiger partial charge in [0.05, 0.1) is 23.2 Å². The molecule has 3 N–H and O–H groups in total. The molecule has 5 heteroatoms.